The quantitative estimate of drug-likeness (QED) is 0.583. The van der Waals surface area contributed by atoms with Crippen LogP contribution < -0.4 is 0 Å². The molecule has 0 bridgehead atoms. The zero-order chi connectivity index (χ0) is 7.28. The summed E-state index contributed by atoms with van der Waals surface area (Å²) in [7, 11) is 0. The molecule has 0 aromatic carbocycles. The van der Waals surface area contributed by atoms with Crippen LogP contribution in [0.4, 0.5) is 0 Å². The first-order chi connectivity index (χ1) is 4.16. The highest BCUT2D eigenvalue weighted by molar-refractivity contribution is 8.03. The topological polar surface area (TPSA) is 0 Å². The van der Waals surface area contributed by atoms with E-state index in [9.17, 15) is 0 Å². The van der Waals surface area contributed by atoms with Gasteiger partial charge in [-0.1, -0.05) is 27.4 Å². The minimum absolute atomic E-state index is 0.761. The van der Waals surface area contributed by atoms with Gasteiger partial charge in [-0.2, -0.15) is 0 Å². The van der Waals surface area contributed by atoms with Crippen LogP contribution in [0.15, 0.2) is 11.5 Å². The van der Waals surface area contributed by atoms with E-state index >= 15 is 0 Å². The van der Waals surface area contributed by atoms with Crippen LogP contribution in [-0.2, 0) is 0 Å². The Kier molecular flexibility index (Phi) is 4.97. The van der Waals surface area contributed by atoms with Gasteiger partial charge in [0.25, 0.3) is 0 Å². The third-order valence-corrected chi connectivity index (χ3v) is 1.85. The summed E-state index contributed by atoms with van der Waals surface area (Å²) in [6.45, 7) is 10.6. The summed E-state index contributed by atoms with van der Waals surface area (Å²) < 4.78 is 0. The predicted molar refractivity (Wildman–Crippen MR) is 46.7 cm³/mol. The van der Waals surface area contributed by atoms with Gasteiger partial charge < -0.3 is 0 Å². The molecule has 0 aromatic rings. The van der Waals surface area contributed by atoms with Crippen LogP contribution in [0.1, 0.15) is 27.2 Å². The van der Waals surface area contributed by atoms with Gasteiger partial charge in [0.1, 0.15) is 0 Å². The molecule has 9 heavy (non-hydrogen) atoms. The number of hydrogen-bond donors (Lipinski definition) is 0. The highest BCUT2D eigenvalue weighted by Crippen LogP contribution is 2.20. The third-order valence-electron chi connectivity index (χ3n) is 0.984. The monoisotopic (exact) mass is 144 g/mol. The molecule has 0 radical (unpaired) electrons. The fourth-order valence-corrected chi connectivity index (χ4v) is 1.58. The van der Waals surface area contributed by atoms with Crippen molar-refractivity contribution in [2.75, 3.05) is 5.75 Å². The van der Waals surface area contributed by atoms with Gasteiger partial charge in [-0.3, -0.25) is 0 Å². The van der Waals surface area contributed by atoms with Crippen LogP contribution in [0.5, 0.6) is 0 Å². The maximum Gasteiger partial charge on any atom is -0.00519 e. The van der Waals surface area contributed by atoms with Crippen LogP contribution in [0, 0.1) is 5.92 Å². The fourth-order valence-electron chi connectivity index (χ4n) is 0.718. The normalized spacial score (nSPS) is 10.2. The molecule has 0 aliphatic rings. The zero-order valence-electron chi connectivity index (χ0n) is 6.61. The van der Waals surface area contributed by atoms with Crippen molar-refractivity contribution in [2.24, 2.45) is 5.92 Å². The summed E-state index contributed by atoms with van der Waals surface area (Å²) in [5, 5.41) is 0. The first-order valence-electron chi connectivity index (χ1n) is 3.47. The molecule has 54 valence electrons. The van der Waals surface area contributed by atoms with Gasteiger partial charge in [-0.25, -0.2) is 0 Å². The van der Waals surface area contributed by atoms with E-state index in [1.807, 2.05) is 11.8 Å². The summed E-state index contributed by atoms with van der Waals surface area (Å²) in [5.74, 6) is 1.92. The molecule has 0 aliphatic carbocycles. The van der Waals surface area contributed by atoms with Crippen molar-refractivity contribution in [3.8, 4) is 0 Å². The van der Waals surface area contributed by atoms with Gasteiger partial charge >= 0.3 is 0 Å². The molecule has 0 atom stereocenters. The smallest absolute Gasteiger partial charge is 0.00519 e. The van der Waals surface area contributed by atoms with Gasteiger partial charge in [0.15, 0.2) is 0 Å². The molecular formula is C8H16S. The average Bonchev–Trinajstić information content (AvgIpc) is 1.63. The highest BCUT2D eigenvalue weighted by Gasteiger charge is 1.96. The van der Waals surface area contributed by atoms with Gasteiger partial charge in [0.2, 0.25) is 0 Å². The Labute approximate surface area is 62.7 Å². The molecule has 0 aromatic heterocycles. The summed E-state index contributed by atoms with van der Waals surface area (Å²) in [6, 6.07) is 0. The Balaban J connectivity index is 3.27. The van der Waals surface area contributed by atoms with Gasteiger partial charge in [0, 0.05) is 0 Å². The van der Waals surface area contributed by atoms with Crippen molar-refractivity contribution >= 4 is 11.8 Å². The fraction of sp³-hybridized carbons (Fsp3) is 0.750. The predicted octanol–water partition coefficient (Wildman–Crippen LogP) is 3.30. The molecule has 0 aliphatic heterocycles. The average molecular weight is 144 g/mol. The van der Waals surface area contributed by atoms with Crippen molar-refractivity contribution in [3.63, 3.8) is 0 Å². The Bertz CT molecular complexity index is 84.6. The van der Waals surface area contributed by atoms with Crippen molar-refractivity contribution in [2.45, 2.75) is 27.2 Å². The molecule has 0 N–H and O–H groups in total. The van der Waals surface area contributed by atoms with Crippen molar-refractivity contribution < 1.29 is 0 Å². The van der Waals surface area contributed by atoms with Crippen LogP contribution in [0.25, 0.3) is 0 Å². The molecule has 0 nitrogen and oxygen atoms in total. The van der Waals surface area contributed by atoms with E-state index in [2.05, 4.69) is 27.4 Å². The lowest BCUT2D eigenvalue weighted by Crippen LogP contribution is -1.86. The lowest BCUT2D eigenvalue weighted by Gasteiger charge is -2.05. The Morgan fingerprint density at radius 1 is 1.56 bits per heavy atom. The van der Waals surface area contributed by atoms with E-state index in [0.29, 0.717) is 0 Å². The molecule has 0 amide bonds. The summed E-state index contributed by atoms with van der Waals surface area (Å²) in [4.78, 5) is 1.33. The largest absolute Gasteiger partial charge is 0.132 e. The van der Waals surface area contributed by atoms with Gasteiger partial charge in [-0.15, -0.1) is 11.8 Å². The lowest BCUT2D eigenvalue weighted by molar-refractivity contribution is 0.659. The van der Waals surface area contributed by atoms with Gasteiger partial charge in [-0.05, 0) is 23.0 Å². The number of rotatable bonds is 4. The standard InChI is InChI=1S/C8H16S/c1-5-9-8(4)6-7(2)3/h7H,4-6H2,1-3H3. The molecule has 0 saturated carbocycles. The highest BCUT2D eigenvalue weighted by atomic mass is 32.2. The number of allylic oxidation sites excluding steroid dienone is 1. The second kappa shape index (κ2) is 4.92. The maximum absolute atomic E-state index is 3.95. The molecule has 0 fully saturated rings. The summed E-state index contributed by atoms with van der Waals surface area (Å²) in [6.07, 6.45) is 1.17. The minimum Gasteiger partial charge on any atom is -0.132 e. The SMILES string of the molecule is C=C(CC(C)C)SCC. The zero-order valence-corrected chi connectivity index (χ0v) is 7.42. The third kappa shape index (κ3) is 5.97. The molecule has 0 spiro atoms. The van der Waals surface area contributed by atoms with Crippen molar-refractivity contribution in [1.82, 2.24) is 0 Å². The van der Waals surface area contributed by atoms with E-state index < -0.39 is 0 Å². The first kappa shape index (κ1) is 9.09. The van der Waals surface area contributed by atoms with E-state index in [-0.39, 0.29) is 0 Å². The van der Waals surface area contributed by atoms with E-state index in [1.165, 1.54) is 11.3 Å². The lowest BCUT2D eigenvalue weighted by atomic mass is 10.1. The van der Waals surface area contributed by atoms with E-state index in [0.717, 1.165) is 11.7 Å². The van der Waals surface area contributed by atoms with E-state index in [1.54, 1.807) is 0 Å². The maximum atomic E-state index is 3.95. The van der Waals surface area contributed by atoms with Crippen LogP contribution in [0.3, 0.4) is 0 Å². The van der Waals surface area contributed by atoms with E-state index in [4.69, 9.17) is 0 Å². The Hall–Kier alpha value is 0.0900. The minimum atomic E-state index is 0.761. The molecule has 1 heteroatoms. The number of thioether (sulfide) groups is 1. The molecular weight excluding hydrogens is 128 g/mol. The summed E-state index contributed by atoms with van der Waals surface area (Å²) >= 11 is 1.87. The van der Waals surface area contributed by atoms with Gasteiger partial charge in [0.05, 0.1) is 0 Å². The summed E-state index contributed by atoms with van der Waals surface area (Å²) in [5.41, 5.74) is 0. The Morgan fingerprint density at radius 3 is 2.44 bits per heavy atom. The second-order valence-corrected chi connectivity index (χ2v) is 4.01. The number of hydrogen-bond acceptors (Lipinski definition) is 1. The van der Waals surface area contributed by atoms with Crippen LogP contribution in [-0.4, -0.2) is 5.75 Å². The molecule has 0 saturated heterocycles. The molecule has 0 unspecified atom stereocenters. The Morgan fingerprint density at radius 2 is 2.11 bits per heavy atom. The first-order valence-corrected chi connectivity index (χ1v) is 4.46. The van der Waals surface area contributed by atoms with Crippen LogP contribution in [0.2, 0.25) is 0 Å². The van der Waals surface area contributed by atoms with Crippen molar-refractivity contribution in [3.05, 3.63) is 11.5 Å². The molecule has 0 heterocycles. The second-order valence-electron chi connectivity index (χ2n) is 2.57. The van der Waals surface area contributed by atoms with Crippen LogP contribution >= 0.6 is 11.8 Å². The molecule has 0 rings (SSSR count). The van der Waals surface area contributed by atoms with Crippen molar-refractivity contribution in [1.29, 1.82) is 0 Å².